The number of amides is 1. The average Bonchev–Trinajstić information content (AvgIpc) is 2.36. The molecule has 3 nitrogen and oxygen atoms in total. The maximum absolute atomic E-state index is 12.1. The standard InChI is InChI=1S/C15H15ClN2O/c1-9-3-4-11(7-10(9)2)15(19)18-14-6-5-12(16)8-13(14)17/h3-8H,17H2,1-2H3,(H,18,19). The fourth-order valence-electron chi connectivity index (χ4n) is 1.72. The second-order valence-corrected chi connectivity index (χ2v) is 4.92. The van der Waals surface area contributed by atoms with Crippen molar-refractivity contribution in [2.45, 2.75) is 13.8 Å². The van der Waals surface area contributed by atoms with Crippen LogP contribution in [0, 0.1) is 13.8 Å². The van der Waals surface area contributed by atoms with Crippen LogP contribution in [0.5, 0.6) is 0 Å². The van der Waals surface area contributed by atoms with Gasteiger partial charge in [0.2, 0.25) is 0 Å². The van der Waals surface area contributed by atoms with Crippen LogP contribution in [0.4, 0.5) is 11.4 Å². The van der Waals surface area contributed by atoms with Gasteiger partial charge in [-0.15, -0.1) is 0 Å². The minimum Gasteiger partial charge on any atom is -0.397 e. The summed E-state index contributed by atoms with van der Waals surface area (Å²) >= 11 is 5.82. The Bertz CT molecular complexity index is 638. The van der Waals surface area contributed by atoms with E-state index in [-0.39, 0.29) is 5.91 Å². The molecule has 0 fully saturated rings. The summed E-state index contributed by atoms with van der Waals surface area (Å²) in [5.74, 6) is -0.183. The number of aryl methyl sites for hydroxylation is 2. The highest BCUT2D eigenvalue weighted by Crippen LogP contribution is 2.23. The van der Waals surface area contributed by atoms with Crippen LogP contribution in [0.25, 0.3) is 0 Å². The van der Waals surface area contributed by atoms with Crippen molar-refractivity contribution in [3.8, 4) is 0 Å². The first-order valence-corrected chi connectivity index (χ1v) is 6.29. The summed E-state index contributed by atoms with van der Waals surface area (Å²) in [7, 11) is 0. The molecule has 2 aromatic carbocycles. The molecule has 0 atom stereocenters. The average molecular weight is 275 g/mol. The number of carbonyl (C=O) groups excluding carboxylic acids is 1. The summed E-state index contributed by atoms with van der Waals surface area (Å²) in [5.41, 5.74) is 9.66. The Morgan fingerprint density at radius 1 is 1.11 bits per heavy atom. The Morgan fingerprint density at radius 3 is 2.47 bits per heavy atom. The van der Waals surface area contributed by atoms with Crippen molar-refractivity contribution < 1.29 is 4.79 Å². The Labute approximate surface area is 117 Å². The quantitative estimate of drug-likeness (QED) is 0.819. The van der Waals surface area contributed by atoms with Crippen LogP contribution in [0.2, 0.25) is 5.02 Å². The molecule has 0 radical (unpaired) electrons. The SMILES string of the molecule is Cc1ccc(C(=O)Nc2ccc(Cl)cc2N)cc1C. The van der Waals surface area contributed by atoms with Crippen molar-refractivity contribution in [2.24, 2.45) is 0 Å². The molecule has 2 rings (SSSR count). The highest BCUT2D eigenvalue weighted by Gasteiger charge is 2.09. The summed E-state index contributed by atoms with van der Waals surface area (Å²) in [5, 5.41) is 3.32. The van der Waals surface area contributed by atoms with Gasteiger partial charge in [0, 0.05) is 10.6 Å². The van der Waals surface area contributed by atoms with Gasteiger partial charge in [0.25, 0.3) is 5.91 Å². The lowest BCUT2D eigenvalue weighted by Gasteiger charge is -2.09. The molecule has 3 N–H and O–H groups in total. The first-order valence-electron chi connectivity index (χ1n) is 5.91. The number of halogens is 1. The maximum Gasteiger partial charge on any atom is 0.255 e. The van der Waals surface area contributed by atoms with Crippen molar-refractivity contribution in [3.05, 3.63) is 58.1 Å². The number of carbonyl (C=O) groups is 1. The lowest BCUT2D eigenvalue weighted by Crippen LogP contribution is -2.13. The van der Waals surface area contributed by atoms with Crippen LogP contribution in [0.3, 0.4) is 0 Å². The monoisotopic (exact) mass is 274 g/mol. The zero-order valence-corrected chi connectivity index (χ0v) is 11.6. The van der Waals surface area contributed by atoms with Crippen LogP contribution in [-0.2, 0) is 0 Å². The first kappa shape index (κ1) is 13.4. The van der Waals surface area contributed by atoms with E-state index in [1.807, 2.05) is 26.0 Å². The number of benzene rings is 2. The molecule has 19 heavy (non-hydrogen) atoms. The number of nitrogens with two attached hydrogens (primary N) is 1. The molecule has 0 saturated heterocycles. The van der Waals surface area contributed by atoms with Gasteiger partial charge in [-0.25, -0.2) is 0 Å². The van der Waals surface area contributed by atoms with E-state index in [9.17, 15) is 4.79 Å². The molecule has 0 aliphatic carbocycles. The summed E-state index contributed by atoms with van der Waals surface area (Å²) < 4.78 is 0. The van der Waals surface area contributed by atoms with Gasteiger partial charge >= 0.3 is 0 Å². The first-order chi connectivity index (χ1) is 8.97. The predicted molar refractivity (Wildman–Crippen MR) is 79.7 cm³/mol. The van der Waals surface area contributed by atoms with E-state index in [0.29, 0.717) is 22.0 Å². The smallest absolute Gasteiger partial charge is 0.255 e. The molecular weight excluding hydrogens is 260 g/mol. The van der Waals surface area contributed by atoms with E-state index in [1.165, 1.54) is 0 Å². The highest BCUT2D eigenvalue weighted by atomic mass is 35.5. The van der Waals surface area contributed by atoms with Crippen molar-refractivity contribution in [3.63, 3.8) is 0 Å². The van der Waals surface area contributed by atoms with Gasteiger partial charge in [-0.2, -0.15) is 0 Å². The molecule has 2 aromatic rings. The Morgan fingerprint density at radius 2 is 1.84 bits per heavy atom. The fraction of sp³-hybridized carbons (Fsp3) is 0.133. The Balaban J connectivity index is 2.23. The number of hydrogen-bond acceptors (Lipinski definition) is 2. The number of nitrogen functional groups attached to an aromatic ring is 1. The molecule has 0 unspecified atom stereocenters. The van der Waals surface area contributed by atoms with Crippen molar-refractivity contribution in [1.29, 1.82) is 0 Å². The summed E-state index contributed by atoms with van der Waals surface area (Å²) in [6.45, 7) is 3.98. The third-order valence-electron chi connectivity index (χ3n) is 3.03. The van der Waals surface area contributed by atoms with Crippen molar-refractivity contribution in [2.75, 3.05) is 11.1 Å². The zero-order chi connectivity index (χ0) is 14.0. The van der Waals surface area contributed by atoms with Gasteiger partial charge in [0.15, 0.2) is 0 Å². The van der Waals surface area contributed by atoms with E-state index in [1.54, 1.807) is 24.3 Å². The lowest BCUT2D eigenvalue weighted by molar-refractivity contribution is 0.102. The Kier molecular flexibility index (Phi) is 3.76. The third kappa shape index (κ3) is 3.06. The Hall–Kier alpha value is -2.00. The van der Waals surface area contributed by atoms with Crippen LogP contribution in [0.1, 0.15) is 21.5 Å². The molecule has 0 aliphatic rings. The summed E-state index contributed by atoms with van der Waals surface area (Å²) in [6.07, 6.45) is 0. The number of anilines is 2. The molecule has 98 valence electrons. The van der Waals surface area contributed by atoms with Crippen molar-refractivity contribution in [1.82, 2.24) is 0 Å². The second-order valence-electron chi connectivity index (χ2n) is 4.48. The normalized spacial score (nSPS) is 10.3. The maximum atomic E-state index is 12.1. The molecular formula is C15H15ClN2O. The number of hydrogen-bond donors (Lipinski definition) is 2. The van der Waals surface area contributed by atoms with E-state index in [2.05, 4.69) is 5.32 Å². The van der Waals surface area contributed by atoms with Crippen LogP contribution >= 0.6 is 11.6 Å². The third-order valence-corrected chi connectivity index (χ3v) is 3.27. The lowest BCUT2D eigenvalue weighted by atomic mass is 10.1. The molecule has 0 spiro atoms. The highest BCUT2D eigenvalue weighted by molar-refractivity contribution is 6.31. The number of nitrogens with one attached hydrogen (secondary N) is 1. The van der Waals surface area contributed by atoms with Gasteiger partial charge in [-0.05, 0) is 55.3 Å². The van der Waals surface area contributed by atoms with Crippen LogP contribution in [-0.4, -0.2) is 5.91 Å². The predicted octanol–water partition coefficient (Wildman–Crippen LogP) is 3.79. The van der Waals surface area contributed by atoms with Gasteiger partial charge in [-0.3, -0.25) is 4.79 Å². The largest absolute Gasteiger partial charge is 0.397 e. The van der Waals surface area contributed by atoms with Gasteiger partial charge in [-0.1, -0.05) is 17.7 Å². The van der Waals surface area contributed by atoms with E-state index in [4.69, 9.17) is 17.3 Å². The minimum absolute atomic E-state index is 0.183. The zero-order valence-electron chi connectivity index (χ0n) is 10.8. The molecule has 0 saturated carbocycles. The van der Waals surface area contributed by atoms with E-state index >= 15 is 0 Å². The molecule has 0 heterocycles. The van der Waals surface area contributed by atoms with Crippen LogP contribution in [0.15, 0.2) is 36.4 Å². The van der Waals surface area contributed by atoms with Gasteiger partial charge in [0.05, 0.1) is 11.4 Å². The molecule has 0 aromatic heterocycles. The fourth-order valence-corrected chi connectivity index (χ4v) is 1.91. The van der Waals surface area contributed by atoms with Crippen molar-refractivity contribution >= 4 is 28.9 Å². The minimum atomic E-state index is -0.183. The molecule has 0 aliphatic heterocycles. The van der Waals surface area contributed by atoms with Gasteiger partial charge < -0.3 is 11.1 Å². The molecule has 0 bridgehead atoms. The number of rotatable bonds is 2. The topological polar surface area (TPSA) is 55.1 Å². The second kappa shape index (κ2) is 5.33. The molecule has 4 heteroatoms. The molecule has 1 amide bonds. The summed E-state index contributed by atoms with van der Waals surface area (Å²) in [4.78, 5) is 12.1. The summed E-state index contributed by atoms with van der Waals surface area (Å²) in [6, 6.07) is 10.6. The van der Waals surface area contributed by atoms with E-state index < -0.39 is 0 Å². The van der Waals surface area contributed by atoms with Gasteiger partial charge in [0.1, 0.15) is 0 Å². The van der Waals surface area contributed by atoms with E-state index in [0.717, 1.165) is 11.1 Å². The van der Waals surface area contributed by atoms with Crippen LogP contribution < -0.4 is 11.1 Å².